The van der Waals surface area contributed by atoms with Crippen LogP contribution in [-0.4, -0.2) is 51.4 Å². The van der Waals surface area contributed by atoms with Crippen molar-refractivity contribution in [1.82, 2.24) is 20.1 Å². The summed E-state index contributed by atoms with van der Waals surface area (Å²) in [6.45, 7) is 10.7. The molecule has 2 N–H and O–H groups in total. The number of nitrogens with one attached hydrogen (secondary N) is 1. The summed E-state index contributed by atoms with van der Waals surface area (Å²) in [5.74, 6) is 0.256. The molecular weight excluding hydrogens is 528 g/mol. The highest BCUT2D eigenvalue weighted by Crippen LogP contribution is 2.56. The van der Waals surface area contributed by atoms with Crippen LogP contribution in [0.1, 0.15) is 39.2 Å². The van der Waals surface area contributed by atoms with E-state index in [0.29, 0.717) is 5.13 Å². The number of piperidine rings is 1. The first-order chi connectivity index (χ1) is 18.7. The van der Waals surface area contributed by atoms with Crippen LogP contribution in [0.25, 0.3) is 10.7 Å². The Morgan fingerprint density at radius 2 is 1.79 bits per heavy atom. The summed E-state index contributed by atoms with van der Waals surface area (Å²) < 4.78 is 0. The minimum Gasteiger partial charge on any atom is -0.506 e. The van der Waals surface area contributed by atoms with E-state index in [1.165, 1.54) is 11.3 Å². The molecule has 4 heterocycles. The molecule has 9 heteroatoms. The number of hydrogen-bond acceptors (Lipinski definition) is 8. The molecule has 1 saturated heterocycles. The molecule has 2 aromatic heterocycles. The lowest BCUT2D eigenvalue weighted by atomic mass is 9.74. The van der Waals surface area contributed by atoms with Crippen molar-refractivity contribution >= 4 is 45.1 Å². The fourth-order valence-corrected chi connectivity index (χ4v) is 7.10. The number of aromatic hydroxyl groups is 1. The van der Waals surface area contributed by atoms with Crippen LogP contribution in [0.4, 0.5) is 22.2 Å². The van der Waals surface area contributed by atoms with Gasteiger partial charge >= 0.3 is 0 Å². The van der Waals surface area contributed by atoms with Gasteiger partial charge in [0.1, 0.15) is 11.4 Å². The third-order valence-corrected chi connectivity index (χ3v) is 8.80. The maximum Gasteiger partial charge on any atom is 0.210 e. The van der Waals surface area contributed by atoms with Gasteiger partial charge in [-0.1, -0.05) is 61.9 Å². The third-order valence-electron chi connectivity index (χ3n) is 7.62. The number of halogens is 1. The second kappa shape index (κ2) is 10.1. The lowest BCUT2D eigenvalue weighted by Crippen LogP contribution is -2.46. The lowest BCUT2D eigenvalue weighted by molar-refractivity contribution is 0.125. The van der Waals surface area contributed by atoms with Crippen LogP contribution >= 0.6 is 22.9 Å². The lowest BCUT2D eigenvalue weighted by Gasteiger charge is -2.42. The third kappa shape index (κ3) is 5.09. The zero-order valence-corrected chi connectivity index (χ0v) is 24.1. The molecule has 0 aliphatic carbocycles. The summed E-state index contributed by atoms with van der Waals surface area (Å²) in [6.07, 6.45) is 3.75. The molecule has 7 nitrogen and oxygen atoms in total. The molecule has 4 aromatic rings. The molecule has 2 aliphatic heterocycles. The number of fused-ring (bicyclic) bond motifs is 2. The van der Waals surface area contributed by atoms with Crippen LogP contribution in [0, 0.1) is 5.41 Å². The Bertz CT molecular complexity index is 1480. The number of pyridine rings is 1. The molecular formula is C30H33ClN6OS. The van der Waals surface area contributed by atoms with Crippen LogP contribution in [0.15, 0.2) is 60.8 Å². The largest absolute Gasteiger partial charge is 0.506 e. The van der Waals surface area contributed by atoms with Crippen LogP contribution in [0.3, 0.4) is 0 Å². The number of aromatic nitrogens is 3. The van der Waals surface area contributed by atoms with Gasteiger partial charge in [0.25, 0.3) is 0 Å². The fraction of sp³-hybridized carbons (Fsp3) is 0.367. The summed E-state index contributed by atoms with van der Waals surface area (Å²) in [4.78, 5) is 9.19. The van der Waals surface area contributed by atoms with Gasteiger partial charge in [-0.15, -0.1) is 10.2 Å². The van der Waals surface area contributed by atoms with E-state index in [2.05, 4.69) is 57.1 Å². The van der Waals surface area contributed by atoms with Gasteiger partial charge < -0.3 is 20.2 Å². The quantitative estimate of drug-likeness (QED) is 0.266. The van der Waals surface area contributed by atoms with Crippen LogP contribution in [0.5, 0.6) is 5.75 Å². The van der Waals surface area contributed by atoms with Gasteiger partial charge in [-0.25, -0.2) is 0 Å². The number of rotatable bonds is 5. The molecule has 0 radical (unpaired) electrons. The zero-order chi connectivity index (χ0) is 27.2. The van der Waals surface area contributed by atoms with Crippen molar-refractivity contribution in [2.45, 2.75) is 39.0 Å². The molecule has 0 amide bonds. The zero-order valence-electron chi connectivity index (χ0n) is 22.5. The van der Waals surface area contributed by atoms with Crippen molar-refractivity contribution in [3.05, 3.63) is 71.4 Å². The van der Waals surface area contributed by atoms with Crippen molar-refractivity contribution in [3.8, 4) is 16.5 Å². The summed E-state index contributed by atoms with van der Waals surface area (Å²) in [5, 5.41) is 25.5. The monoisotopic (exact) mass is 560 g/mol. The van der Waals surface area contributed by atoms with Crippen molar-refractivity contribution in [2.24, 2.45) is 5.41 Å². The average molecular weight is 561 g/mol. The Kier molecular flexibility index (Phi) is 6.73. The van der Waals surface area contributed by atoms with Gasteiger partial charge in [0.15, 0.2) is 5.01 Å². The topological polar surface area (TPSA) is 77.4 Å². The van der Waals surface area contributed by atoms with Gasteiger partial charge in [-0.2, -0.15) is 0 Å². The maximum atomic E-state index is 11.2. The summed E-state index contributed by atoms with van der Waals surface area (Å²) in [7, 11) is 0. The Morgan fingerprint density at radius 1 is 1.03 bits per heavy atom. The second-order valence-corrected chi connectivity index (χ2v) is 13.1. The van der Waals surface area contributed by atoms with Crippen molar-refractivity contribution in [1.29, 1.82) is 0 Å². The van der Waals surface area contributed by atoms with E-state index in [0.717, 1.165) is 77.4 Å². The Hall–Kier alpha value is -3.20. The number of hydrogen-bond donors (Lipinski definition) is 2. The van der Waals surface area contributed by atoms with Crippen LogP contribution in [-0.2, 0) is 5.41 Å². The number of benzene rings is 2. The van der Waals surface area contributed by atoms with E-state index in [1.54, 1.807) is 12.3 Å². The number of anilines is 4. The predicted molar refractivity (Wildman–Crippen MR) is 160 cm³/mol. The van der Waals surface area contributed by atoms with E-state index in [9.17, 15) is 5.11 Å². The average Bonchev–Trinajstić information content (AvgIpc) is 3.52. The molecule has 2 aliphatic rings. The second-order valence-electron chi connectivity index (χ2n) is 11.8. The summed E-state index contributed by atoms with van der Waals surface area (Å²) in [6, 6.07) is 17.5. The summed E-state index contributed by atoms with van der Waals surface area (Å²) >= 11 is 8.36. The first-order valence-corrected chi connectivity index (χ1v) is 14.5. The van der Waals surface area contributed by atoms with E-state index in [1.807, 2.05) is 42.5 Å². The smallest absolute Gasteiger partial charge is 0.210 e. The van der Waals surface area contributed by atoms with Crippen LogP contribution in [0.2, 0.25) is 5.02 Å². The number of phenols is 1. The van der Waals surface area contributed by atoms with Gasteiger partial charge in [0.2, 0.25) is 5.13 Å². The molecule has 0 saturated carbocycles. The SMILES string of the molecule is CC(C)(C)CN1CCC2(CC1)CN(c1ccccc1Nc1nnc(-c3ccccn3)s1)c1c(O)ccc(Cl)c12. The van der Waals surface area contributed by atoms with Gasteiger partial charge in [-0.3, -0.25) is 4.98 Å². The van der Waals surface area contributed by atoms with Gasteiger partial charge in [0.05, 0.1) is 17.1 Å². The highest BCUT2D eigenvalue weighted by molar-refractivity contribution is 7.18. The van der Waals surface area contributed by atoms with Crippen molar-refractivity contribution in [2.75, 3.05) is 36.4 Å². The van der Waals surface area contributed by atoms with Gasteiger partial charge in [-0.05, 0) is 67.7 Å². The molecule has 0 atom stereocenters. The van der Waals surface area contributed by atoms with E-state index in [-0.39, 0.29) is 16.6 Å². The Labute approximate surface area is 238 Å². The van der Waals surface area contributed by atoms with Crippen molar-refractivity contribution in [3.63, 3.8) is 0 Å². The fourth-order valence-electron chi connectivity index (χ4n) is 6.01. The number of likely N-dealkylation sites (tertiary alicyclic amines) is 1. The van der Waals surface area contributed by atoms with E-state index < -0.39 is 0 Å². The predicted octanol–water partition coefficient (Wildman–Crippen LogP) is 7.23. The standard InChI is InChI=1S/C30H33ClN6OS/c1-29(2,3)18-36-16-13-30(14-17-36)19-37(26-24(38)12-11-20(31)25(26)30)23-10-5-4-8-21(23)33-28-35-34-27(39-28)22-9-6-7-15-32-22/h4-12,15,38H,13-14,16-19H2,1-3H3,(H,33,35). The minimum absolute atomic E-state index is 0.123. The minimum atomic E-state index is -0.123. The highest BCUT2D eigenvalue weighted by atomic mass is 35.5. The van der Waals surface area contributed by atoms with Gasteiger partial charge in [0, 0.05) is 35.3 Å². The Balaban J connectivity index is 1.33. The summed E-state index contributed by atoms with van der Waals surface area (Å²) in [5.41, 5.74) is 4.68. The van der Waals surface area contributed by atoms with Crippen molar-refractivity contribution < 1.29 is 5.11 Å². The maximum absolute atomic E-state index is 11.2. The molecule has 202 valence electrons. The van der Waals surface area contributed by atoms with E-state index >= 15 is 0 Å². The van der Waals surface area contributed by atoms with E-state index in [4.69, 9.17) is 11.6 Å². The highest BCUT2D eigenvalue weighted by Gasteiger charge is 2.48. The molecule has 1 fully saturated rings. The molecule has 0 bridgehead atoms. The normalized spacial score (nSPS) is 17.0. The first-order valence-electron chi connectivity index (χ1n) is 13.4. The Morgan fingerprint density at radius 3 is 2.54 bits per heavy atom. The first kappa shape index (κ1) is 26.0. The molecule has 1 spiro atoms. The van der Waals surface area contributed by atoms with Crippen LogP contribution < -0.4 is 10.2 Å². The molecule has 6 rings (SSSR count). The molecule has 2 aromatic carbocycles. The number of phenolic OH excluding ortho intramolecular Hbond substituents is 1. The molecule has 0 unspecified atom stereocenters. The molecule has 39 heavy (non-hydrogen) atoms. The number of nitrogens with zero attached hydrogens (tertiary/aromatic N) is 5. The number of para-hydroxylation sites is 2.